The Morgan fingerprint density at radius 1 is 1.38 bits per heavy atom. The molecule has 3 rings (SSSR count). The van der Waals surface area contributed by atoms with Crippen LogP contribution >= 0.6 is 0 Å². The molecule has 0 aromatic heterocycles. The van der Waals surface area contributed by atoms with Gasteiger partial charge in [0.05, 0.1) is 24.1 Å². The first-order valence-corrected chi connectivity index (χ1v) is 7.75. The number of nitrogens with zero attached hydrogens (tertiary/aromatic N) is 1. The van der Waals surface area contributed by atoms with Crippen LogP contribution in [0.1, 0.15) is 26.2 Å². The molecule has 0 amide bonds. The topological polar surface area (TPSA) is 58.7 Å². The van der Waals surface area contributed by atoms with Crippen LogP contribution in [0.4, 0.5) is 15.8 Å². The predicted molar refractivity (Wildman–Crippen MR) is 81.0 cm³/mol. The largest absolute Gasteiger partial charge is 0.490 e. The van der Waals surface area contributed by atoms with Crippen LogP contribution in [0.3, 0.4) is 0 Å². The Bertz CT molecular complexity index is 523. The summed E-state index contributed by atoms with van der Waals surface area (Å²) in [7, 11) is 0. The predicted octanol–water partition coefficient (Wildman–Crippen LogP) is 2.40. The van der Waals surface area contributed by atoms with Crippen LogP contribution in [0.25, 0.3) is 0 Å². The lowest BCUT2D eigenvalue weighted by Gasteiger charge is -2.23. The van der Waals surface area contributed by atoms with Crippen molar-refractivity contribution in [3.05, 3.63) is 17.9 Å². The van der Waals surface area contributed by atoms with Crippen LogP contribution in [0, 0.1) is 17.7 Å². The van der Waals surface area contributed by atoms with Crippen molar-refractivity contribution < 1.29 is 14.2 Å². The fourth-order valence-corrected chi connectivity index (χ4v) is 3.59. The highest BCUT2D eigenvalue weighted by atomic mass is 19.1. The zero-order valence-electron chi connectivity index (χ0n) is 12.4. The third kappa shape index (κ3) is 2.67. The minimum Gasteiger partial charge on any atom is -0.490 e. The lowest BCUT2D eigenvalue weighted by molar-refractivity contribution is 0.133. The maximum atomic E-state index is 13.9. The molecule has 0 spiro atoms. The van der Waals surface area contributed by atoms with E-state index in [0.29, 0.717) is 24.1 Å². The molecule has 1 aromatic rings. The minimum absolute atomic E-state index is 0.211. The van der Waals surface area contributed by atoms with Crippen LogP contribution < -0.4 is 15.4 Å². The molecular weight excluding hydrogens is 271 g/mol. The van der Waals surface area contributed by atoms with Crippen LogP contribution in [-0.4, -0.2) is 30.9 Å². The van der Waals surface area contributed by atoms with E-state index in [1.807, 2.05) is 6.92 Å². The number of rotatable bonds is 4. The van der Waals surface area contributed by atoms with Gasteiger partial charge in [-0.3, -0.25) is 0 Å². The molecule has 1 saturated carbocycles. The summed E-state index contributed by atoms with van der Waals surface area (Å²) in [4.78, 5) is 2.16. The van der Waals surface area contributed by atoms with E-state index in [0.717, 1.165) is 38.0 Å². The molecule has 21 heavy (non-hydrogen) atoms. The van der Waals surface area contributed by atoms with E-state index < -0.39 is 5.82 Å². The van der Waals surface area contributed by atoms with Crippen molar-refractivity contribution in [2.45, 2.75) is 32.3 Å². The van der Waals surface area contributed by atoms with Gasteiger partial charge in [-0.05, 0) is 25.2 Å². The molecule has 1 aliphatic carbocycles. The Balaban J connectivity index is 1.82. The smallest absolute Gasteiger partial charge is 0.167 e. The first-order chi connectivity index (χ1) is 10.1. The number of anilines is 2. The van der Waals surface area contributed by atoms with Crippen LogP contribution in [0.15, 0.2) is 12.1 Å². The van der Waals surface area contributed by atoms with E-state index in [1.165, 1.54) is 6.07 Å². The van der Waals surface area contributed by atoms with Crippen molar-refractivity contribution in [1.29, 1.82) is 0 Å². The second-order valence-electron chi connectivity index (χ2n) is 6.16. The van der Waals surface area contributed by atoms with E-state index in [1.54, 1.807) is 6.07 Å². The number of hydrogen-bond donors (Lipinski definition) is 2. The molecule has 1 aliphatic heterocycles. The van der Waals surface area contributed by atoms with E-state index in [2.05, 4.69) is 4.90 Å². The van der Waals surface area contributed by atoms with Crippen LogP contribution in [-0.2, 0) is 0 Å². The maximum Gasteiger partial charge on any atom is 0.167 e. The van der Waals surface area contributed by atoms with Gasteiger partial charge < -0.3 is 20.5 Å². The second-order valence-corrected chi connectivity index (χ2v) is 6.16. The average Bonchev–Trinajstić information content (AvgIpc) is 3.01. The van der Waals surface area contributed by atoms with Crippen molar-refractivity contribution in [1.82, 2.24) is 0 Å². The maximum absolute atomic E-state index is 13.9. The number of aliphatic hydroxyl groups is 1. The summed E-state index contributed by atoms with van der Waals surface area (Å²) in [6.07, 6.45) is 2.58. The number of nitrogen functional groups attached to an aromatic ring is 1. The number of fused-ring (bicyclic) bond motifs is 1. The zero-order valence-corrected chi connectivity index (χ0v) is 12.4. The van der Waals surface area contributed by atoms with E-state index in [9.17, 15) is 9.50 Å². The molecule has 5 heteroatoms. The lowest BCUT2D eigenvalue weighted by atomic mass is 10.00. The second kappa shape index (κ2) is 5.72. The summed E-state index contributed by atoms with van der Waals surface area (Å²) in [5.41, 5.74) is 7.24. The minimum atomic E-state index is -0.413. The van der Waals surface area contributed by atoms with Crippen molar-refractivity contribution >= 4 is 11.4 Å². The first kappa shape index (κ1) is 14.4. The number of halogens is 1. The van der Waals surface area contributed by atoms with Gasteiger partial charge in [0.1, 0.15) is 0 Å². The number of aliphatic hydroxyl groups excluding tert-OH is 1. The summed E-state index contributed by atoms with van der Waals surface area (Å²) in [5, 5.41) is 10.0. The molecule has 1 aromatic carbocycles. The Hall–Kier alpha value is -1.49. The van der Waals surface area contributed by atoms with Crippen molar-refractivity contribution in [2.75, 3.05) is 30.3 Å². The lowest BCUT2D eigenvalue weighted by Crippen LogP contribution is -2.25. The first-order valence-electron chi connectivity index (χ1n) is 7.75. The normalized spacial score (nSPS) is 28.0. The van der Waals surface area contributed by atoms with Gasteiger partial charge in [0, 0.05) is 31.1 Å². The fraction of sp³-hybridized carbons (Fsp3) is 0.625. The van der Waals surface area contributed by atoms with Crippen LogP contribution in [0.2, 0.25) is 0 Å². The molecule has 4 nitrogen and oxygen atoms in total. The van der Waals surface area contributed by atoms with Crippen molar-refractivity contribution in [3.63, 3.8) is 0 Å². The molecule has 0 radical (unpaired) electrons. The Morgan fingerprint density at radius 3 is 2.90 bits per heavy atom. The molecule has 3 atom stereocenters. The Labute approximate surface area is 124 Å². The number of nitrogens with two attached hydrogens (primary N) is 1. The molecule has 1 heterocycles. The number of benzene rings is 1. The summed E-state index contributed by atoms with van der Waals surface area (Å²) >= 11 is 0. The van der Waals surface area contributed by atoms with Gasteiger partial charge in [-0.2, -0.15) is 0 Å². The van der Waals surface area contributed by atoms with Gasteiger partial charge in [0.15, 0.2) is 11.6 Å². The third-order valence-corrected chi connectivity index (χ3v) is 4.70. The van der Waals surface area contributed by atoms with Gasteiger partial charge in [-0.25, -0.2) is 4.39 Å². The average molecular weight is 294 g/mol. The van der Waals surface area contributed by atoms with Gasteiger partial charge in [0.25, 0.3) is 0 Å². The molecule has 2 aliphatic rings. The molecule has 2 fully saturated rings. The van der Waals surface area contributed by atoms with Crippen molar-refractivity contribution in [3.8, 4) is 5.75 Å². The highest BCUT2D eigenvalue weighted by Gasteiger charge is 2.42. The molecule has 116 valence electrons. The summed E-state index contributed by atoms with van der Waals surface area (Å²) in [6.45, 7) is 4.14. The van der Waals surface area contributed by atoms with Gasteiger partial charge >= 0.3 is 0 Å². The van der Waals surface area contributed by atoms with Gasteiger partial charge in [0.2, 0.25) is 0 Å². The molecular formula is C16H23FN2O2. The molecule has 1 saturated heterocycles. The molecule has 3 N–H and O–H groups in total. The van der Waals surface area contributed by atoms with E-state index >= 15 is 0 Å². The summed E-state index contributed by atoms with van der Waals surface area (Å²) in [6, 6.07) is 3.04. The Kier molecular flexibility index (Phi) is 3.93. The molecule has 0 bridgehead atoms. The fourth-order valence-electron chi connectivity index (χ4n) is 3.59. The third-order valence-electron chi connectivity index (χ3n) is 4.70. The standard InChI is InChI=1S/C16H23FN2O2/c1-2-5-21-16-7-14(13(18)6-12(16)17)19-8-10-3-4-15(20)11(10)9-19/h6-7,10-11,15,20H,2-5,8-9,18H2,1H3. The zero-order chi connectivity index (χ0) is 15.0. The number of ether oxygens (including phenoxy) is 1. The van der Waals surface area contributed by atoms with Gasteiger partial charge in [-0.15, -0.1) is 0 Å². The number of hydrogen-bond acceptors (Lipinski definition) is 4. The highest BCUT2D eigenvalue weighted by molar-refractivity contribution is 5.70. The highest BCUT2D eigenvalue weighted by Crippen LogP contribution is 2.42. The quantitative estimate of drug-likeness (QED) is 0.837. The van der Waals surface area contributed by atoms with Crippen molar-refractivity contribution in [2.24, 2.45) is 11.8 Å². The Morgan fingerprint density at radius 2 is 2.19 bits per heavy atom. The van der Waals surface area contributed by atoms with Crippen LogP contribution in [0.5, 0.6) is 5.75 Å². The summed E-state index contributed by atoms with van der Waals surface area (Å²) < 4.78 is 19.3. The van der Waals surface area contributed by atoms with E-state index in [4.69, 9.17) is 10.5 Å². The van der Waals surface area contributed by atoms with E-state index in [-0.39, 0.29) is 11.9 Å². The summed E-state index contributed by atoms with van der Waals surface area (Å²) in [5.74, 6) is 0.682. The monoisotopic (exact) mass is 294 g/mol. The SMILES string of the molecule is CCCOc1cc(N2CC3CCC(O)C3C2)c(N)cc1F. The molecule has 3 unspecified atom stereocenters. The van der Waals surface area contributed by atoms with Gasteiger partial charge in [-0.1, -0.05) is 6.92 Å².